The Kier molecular flexibility index (Phi) is 3.97. The Bertz CT molecular complexity index is 596. The molecule has 0 aromatic heterocycles. The molecule has 1 aromatic carbocycles. The number of hydrogen-bond acceptors (Lipinski definition) is 4. The van der Waals surface area contributed by atoms with Crippen LogP contribution < -0.4 is 11.1 Å². The molecule has 3 N–H and O–H groups in total. The molecule has 2 rings (SSSR count). The minimum absolute atomic E-state index is 0.0574. The molecule has 0 unspecified atom stereocenters. The van der Waals surface area contributed by atoms with Gasteiger partial charge in [0.25, 0.3) is 0 Å². The molecule has 1 fully saturated rings. The van der Waals surface area contributed by atoms with Crippen LogP contribution in [0.3, 0.4) is 0 Å². The second-order valence-electron chi connectivity index (χ2n) is 5.80. The van der Waals surface area contributed by atoms with E-state index in [1.807, 2.05) is 0 Å². The number of rotatable bonds is 4. The van der Waals surface area contributed by atoms with Crippen LogP contribution in [0.25, 0.3) is 0 Å². The fourth-order valence-electron chi connectivity index (χ4n) is 2.29. The summed E-state index contributed by atoms with van der Waals surface area (Å²) in [6.07, 6.45) is 0.251. The van der Waals surface area contributed by atoms with Crippen LogP contribution in [-0.4, -0.2) is 29.2 Å². The van der Waals surface area contributed by atoms with Crippen molar-refractivity contribution in [2.45, 2.75) is 26.7 Å². The Morgan fingerprint density at radius 2 is 2.00 bits per heavy atom. The van der Waals surface area contributed by atoms with Gasteiger partial charge in [-0.1, -0.05) is 26.0 Å². The molecule has 0 saturated carbocycles. The third kappa shape index (κ3) is 3.21. The molecule has 0 aliphatic carbocycles. The average molecular weight is 289 g/mol. The molecule has 0 spiro atoms. The highest BCUT2D eigenvalue weighted by Crippen LogP contribution is 2.31. The zero-order valence-electron chi connectivity index (χ0n) is 12.2. The van der Waals surface area contributed by atoms with E-state index in [2.05, 4.69) is 5.32 Å². The number of benzene rings is 1. The maximum atomic E-state index is 12.0. The number of anilines is 2. The maximum absolute atomic E-state index is 12.0. The molecule has 112 valence electrons. The van der Waals surface area contributed by atoms with E-state index in [0.29, 0.717) is 11.4 Å². The van der Waals surface area contributed by atoms with Crippen molar-refractivity contribution in [2.24, 2.45) is 5.41 Å². The van der Waals surface area contributed by atoms with Gasteiger partial charge in [-0.3, -0.25) is 19.3 Å². The van der Waals surface area contributed by atoms with Crippen molar-refractivity contribution in [1.29, 1.82) is 0 Å². The predicted molar refractivity (Wildman–Crippen MR) is 79.2 cm³/mol. The van der Waals surface area contributed by atoms with Crippen molar-refractivity contribution in [3.63, 3.8) is 0 Å². The van der Waals surface area contributed by atoms with Crippen molar-refractivity contribution in [2.75, 3.05) is 17.6 Å². The van der Waals surface area contributed by atoms with Gasteiger partial charge in [-0.25, -0.2) is 0 Å². The summed E-state index contributed by atoms with van der Waals surface area (Å²) in [4.78, 5) is 36.8. The number of nitrogen functional groups attached to an aromatic ring is 1. The number of imide groups is 1. The van der Waals surface area contributed by atoms with Gasteiger partial charge < -0.3 is 11.1 Å². The number of nitrogens with zero attached hydrogens (tertiary/aromatic N) is 1. The van der Waals surface area contributed by atoms with Crippen molar-refractivity contribution in [3.8, 4) is 0 Å². The van der Waals surface area contributed by atoms with Crippen molar-refractivity contribution < 1.29 is 14.4 Å². The van der Waals surface area contributed by atoms with Crippen LogP contribution in [-0.2, 0) is 14.4 Å². The number of carbonyl (C=O) groups excluding carboxylic acids is 3. The Labute approximate surface area is 123 Å². The number of carbonyl (C=O) groups is 3. The molecule has 1 aromatic rings. The van der Waals surface area contributed by atoms with E-state index in [9.17, 15) is 14.4 Å². The molecular weight excluding hydrogens is 270 g/mol. The van der Waals surface area contributed by atoms with Gasteiger partial charge in [0, 0.05) is 19.4 Å². The first-order chi connectivity index (χ1) is 9.81. The summed E-state index contributed by atoms with van der Waals surface area (Å²) in [5.41, 5.74) is 6.07. The smallest absolute Gasteiger partial charge is 0.235 e. The molecule has 3 amide bonds. The zero-order valence-corrected chi connectivity index (χ0v) is 12.2. The normalized spacial score (nSPS) is 17.1. The lowest BCUT2D eigenvalue weighted by atomic mass is 9.92. The van der Waals surface area contributed by atoms with E-state index < -0.39 is 5.41 Å². The molecule has 6 heteroatoms. The lowest BCUT2D eigenvalue weighted by Crippen LogP contribution is -2.35. The second kappa shape index (κ2) is 5.55. The summed E-state index contributed by atoms with van der Waals surface area (Å²) in [5.74, 6) is -0.727. The third-order valence-corrected chi connectivity index (χ3v) is 3.52. The summed E-state index contributed by atoms with van der Waals surface area (Å²) in [7, 11) is 0. The minimum atomic E-state index is -0.669. The molecule has 1 aliphatic rings. The number of hydrogen-bond donors (Lipinski definition) is 2. The van der Waals surface area contributed by atoms with Gasteiger partial charge in [-0.15, -0.1) is 0 Å². The van der Waals surface area contributed by atoms with E-state index in [-0.39, 0.29) is 37.1 Å². The molecule has 6 nitrogen and oxygen atoms in total. The molecular formula is C15H19N3O3. The third-order valence-electron chi connectivity index (χ3n) is 3.52. The Balaban J connectivity index is 1.92. The first-order valence-corrected chi connectivity index (χ1v) is 6.80. The number of para-hydroxylation sites is 2. The number of amides is 3. The highest BCUT2D eigenvalue weighted by atomic mass is 16.2. The maximum Gasteiger partial charge on any atom is 0.235 e. The van der Waals surface area contributed by atoms with Gasteiger partial charge in [0.05, 0.1) is 16.8 Å². The number of nitrogens with two attached hydrogens (primary N) is 1. The van der Waals surface area contributed by atoms with Crippen LogP contribution in [0.4, 0.5) is 11.4 Å². The van der Waals surface area contributed by atoms with Crippen molar-refractivity contribution >= 4 is 29.1 Å². The molecule has 21 heavy (non-hydrogen) atoms. The van der Waals surface area contributed by atoms with Crippen LogP contribution in [0.2, 0.25) is 0 Å². The topological polar surface area (TPSA) is 92.5 Å². The Hall–Kier alpha value is -2.37. The first-order valence-electron chi connectivity index (χ1n) is 6.80. The molecule has 0 radical (unpaired) electrons. The van der Waals surface area contributed by atoms with Crippen LogP contribution in [0.5, 0.6) is 0 Å². The van der Waals surface area contributed by atoms with Crippen molar-refractivity contribution in [1.82, 2.24) is 4.90 Å². The summed E-state index contributed by atoms with van der Waals surface area (Å²) in [5, 5.41) is 2.67. The molecule has 0 atom stereocenters. The lowest BCUT2D eigenvalue weighted by Gasteiger charge is -2.17. The molecule has 0 bridgehead atoms. The van der Waals surface area contributed by atoms with E-state index >= 15 is 0 Å². The van der Waals surface area contributed by atoms with Crippen LogP contribution in [0.1, 0.15) is 26.7 Å². The van der Waals surface area contributed by atoms with Crippen LogP contribution >= 0.6 is 0 Å². The highest BCUT2D eigenvalue weighted by Gasteiger charge is 2.44. The standard InChI is InChI=1S/C15H19N3O3/c1-15(2)9-13(20)18(14(15)21)8-7-12(19)17-11-6-4-3-5-10(11)16/h3-6H,7-9,16H2,1-2H3,(H,17,19). The van der Waals surface area contributed by atoms with E-state index in [1.165, 1.54) is 0 Å². The monoisotopic (exact) mass is 289 g/mol. The highest BCUT2D eigenvalue weighted by molar-refractivity contribution is 6.06. The Morgan fingerprint density at radius 3 is 2.57 bits per heavy atom. The first kappa shape index (κ1) is 15.0. The van der Waals surface area contributed by atoms with Gasteiger partial charge >= 0.3 is 0 Å². The summed E-state index contributed by atoms with van der Waals surface area (Å²) >= 11 is 0. The average Bonchev–Trinajstić information content (AvgIpc) is 2.59. The van der Waals surface area contributed by atoms with Crippen molar-refractivity contribution in [3.05, 3.63) is 24.3 Å². The van der Waals surface area contributed by atoms with Gasteiger partial charge in [-0.05, 0) is 12.1 Å². The molecule has 1 saturated heterocycles. The Morgan fingerprint density at radius 1 is 1.33 bits per heavy atom. The predicted octanol–water partition coefficient (Wildman–Crippen LogP) is 1.38. The summed E-state index contributed by atoms with van der Waals surface area (Å²) in [6.45, 7) is 3.57. The van der Waals surface area contributed by atoms with E-state index in [0.717, 1.165) is 4.90 Å². The zero-order chi connectivity index (χ0) is 15.6. The molecule has 1 aliphatic heterocycles. The fourth-order valence-corrected chi connectivity index (χ4v) is 2.29. The minimum Gasteiger partial charge on any atom is -0.397 e. The number of nitrogens with one attached hydrogen (secondary N) is 1. The summed E-state index contributed by atoms with van der Waals surface area (Å²) < 4.78 is 0. The summed E-state index contributed by atoms with van der Waals surface area (Å²) in [6, 6.07) is 6.92. The van der Waals surface area contributed by atoms with E-state index in [1.54, 1.807) is 38.1 Å². The fraction of sp³-hybridized carbons (Fsp3) is 0.400. The van der Waals surface area contributed by atoms with Crippen LogP contribution in [0, 0.1) is 5.41 Å². The van der Waals surface area contributed by atoms with Gasteiger partial charge in [0.2, 0.25) is 17.7 Å². The van der Waals surface area contributed by atoms with Crippen LogP contribution in [0.15, 0.2) is 24.3 Å². The van der Waals surface area contributed by atoms with E-state index in [4.69, 9.17) is 5.73 Å². The van der Waals surface area contributed by atoms with Gasteiger partial charge in [-0.2, -0.15) is 0 Å². The molecule has 1 heterocycles. The largest absolute Gasteiger partial charge is 0.397 e. The second-order valence-corrected chi connectivity index (χ2v) is 5.80. The SMILES string of the molecule is CC1(C)CC(=O)N(CCC(=O)Nc2ccccc2N)C1=O. The number of likely N-dealkylation sites (tertiary alicyclic amines) is 1. The quantitative estimate of drug-likeness (QED) is 0.647. The lowest BCUT2D eigenvalue weighted by molar-refractivity contribution is -0.140. The van der Waals surface area contributed by atoms with Gasteiger partial charge in [0.1, 0.15) is 0 Å². The van der Waals surface area contributed by atoms with Gasteiger partial charge in [0.15, 0.2) is 0 Å².